The van der Waals surface area contributed by atoms with E-state index in [9.17, 15) is 0 Å². The minimum atomic E-state index is 0.710. The molecule has 2 aromatic rings. The van der Waals surface area contributed by atoms with Gasteiger partial charge in [-0.2, -0.15) is 0 Å². The van der Waals surface area contributed by atoms with Gasteiger partial charge in [-0.25, -0.2) is 4.98 Å². The number of rotatable bonds is 4. The minimum absolute atomic E-state index is 0.710. The van der Waals surface area contributed by atoms with E-state index in [0.717, 1.165) is 43.8 Å². The second kappa shape index (κ2) is 8.54. The average molecular weight is 384 g/mol. The van der Waals surface area contributed by atoms with Crippen molar-refractivity contribution in [2.75, 3.05) is 57.1 Å². The molecule has 2 heterocycles. The summed E-state index contributed by atoms with van der Waals surface area (Å²) in [4.78, 5) is 15.8. The van der Waals surface area contributed by atoms with Crippen LogP contribution in [0, 0.1) is 13.8 Å². The Labute approximate surface area is 168 Å². The number of hydrogen-bond acceptors (Lipinski definition) is 4. The highest BCUT2D eigenvalue weighted by atomic mass is 15.4. The molecular weight excluding hydrogens is 350 g/mol. The summed E-state index contributed by atoms with van der Waals surface area (Å²) < 4.78 is 2.11. The quantitative estimate of drug-likeness (QED) is 0.647. The number of anilines is 2. The van der Waals surface area contributed by atoms with E-state index in [2.05, 4.69) is 61.7 Å². The molecule has 0 aliphatic carbocycles. The van der Waals surface area contributed by atoms with E-state index in [-0.39, 0.29) is 0 Å². The fraction of sp³-hybridized carbons (Fsp3) is 0.524. The monoisotopic (exact) mass is 383 g/mol. The van der Waals surface area contributed by atoms with Crippen LogP contribution in [0.3, 0.4) is 0 Å². The Morgan fingerprint density at radius 1 is 1.18 bits per heavy atom. The van der Waals surface area contributed by atoms with Crippen molar-refractivity contribution in [1.82, 2.24) is 19.8 Å². The Bertz CT molecular complexity index is 829. The number of hydrogen-bond donors (Lipinski definition) is 1. The van der Waals surface area contributed by atoms with E-state index in [1.54, 1.807) is 0 Å². The van der Waals surface area contributed by atoms with Gasteiger partial charge in [-0.1, -0.05) is 12.1 Å². The fourth-order valence-corrected chi connectivity index (χ4v) is 3.75. The van der Waals surface area contributed by atoms with Crippen LogP contribution in [0.15, 0.2) is 29.4 Å². The van der Waals surface area contributed by atoms with Gasteiger partial charge in [0.05, 0.1) is 18.4 Å². The van der Waals surface area contributed by atoms with E-state index >= 15 is 0 Å². The van der Waals surface area contributed by atoms with E-state index in [1.165, 1.54) is 16.8 Å². The number of piperazine rings is 1. The molecule has 3 rings (SSSR count). The zero-order chi connectivity index (χ0) is 20.3. The smallest absolute Gasteiger partial charge is 0.204 e. The third-order valence-corrected chi connectivity index (χ3v) is 5.60. The van der Waals surface area contributed by atoms with Crippen LogP contribution in [0.5, 0.6) is 0 Å². The Morgan fingerprint density at radius 3 is 2.50 bits per heavy atom. The summed E-state index contributed by atoms with van der Waals surface area (Å²) in [6.07, 6.45) is 1.92. The molecule has 152 valence electrons. The molecule has 1 N–H and O–H groups in total. The molecule has 7 nitrogen and oxygen atoms in total. The second-order valence-corrected chi connectivity index (χ2v) is 7.60. The molecule has 1 fully saturated rings. The van der Waals surface area contributed by atoms with Crippen LogP contribution in [0.25, 0.3) is 0 Å². The highest BCUT2D eigenvalue weighted by Crippen LogP contribution is 2.23. The number of imidazole rings is 1. The van der Waals surface area contributed by atoms with Crippen LogP contribution in [0.2, 0.25) is 0 Å². The lowest BCUT2D eigenvalue weighted by Gasteiger charge is -2.38. The predicted molar refractivity (Wildman–Crippen MR) is 117 cm³/mol. The van der Waals surface area contributed by atoms with E-state index in [1.807, 2.05) is 39.3 Å². The van der Waals surface area contributed by atoms with Crippen LogP contribution in [0.4, 0.5) is 11.6 Å². The molecule has 0 unspecified atom stereocenters. The van der Waals surface area contributed by atoms with Gasteiger partial charge in [-0.3, -0.25) is 4.99 Å². The van der Waals surface area contributed by atoms with Crippen LogP contribution in [-0.2, 0) is 13.6 Å². The summed E-state index contributed by atoms with van der Waals surface area (Å²) in [5.74, 6) is 1.90. The van der Waals surface area contributed by atoms with Crippen molar-refractivity contribution in [3.05, 3.63) is 41.2 Å². The number of nitrogens with one attached hydrogen (secondary N) is 1. The zero-order valence-electron chi connectivity index (χ0n) is 18.0. The van der Waals surface area contributed by atoms with Crippen LogP contribution >= 0.6 is 0 Å². The summed E-state index contributed by atoms with van der Waals surface area (Å²) in [7, 11) is 7.92. The SMILES string of the molecule is CN=C(NCc1cnc(N(C)C)n1C)N1CCN(c2cccc(C)c2C)CC1. The molecule has 0 saturated carbocycles. The molecule has 1 aliphatic heterocycles. The maximum atomic E-state index is 4.50. The molecule has 0 atom stereocenters. The van der Waals surface area contributed by atoms with Gasteiger partial charge in [0.1, 0.15) is 0 Å². The van der Waals surface area contributed by atoms with Crippen molar-refractivity contribution in [2.24, 2.45) is 12.0 Å². The first-order chi connectivity index (χ1) is 13.4. The number of guanidine groups is 1. The normalized spacial score (nSPS) is 15.1. The summed E-state index contributed by atoms with van der Waals surface area (Å²) in [6, 6.07) is 6.57. The number of nitrogens with zero attached hydrogens (tertiary/aromatic N) is 6. The molecular formula is C21H33N7. The molecule has 7 heteroatoms. The third kappa shape index (κ3) is 4.08. The first-order valence-corrected chi connectivity index (χ1v) is 9.87. The standard InChI is InChI=1S/C21H33N7/c1-16-8-7-9-19(17(16)2)27-10-12-28(13-11-27)20(22-3)23-14-18-15-24-21(25(4)5)26(18)6/h7-9,15H,10-14H2,1-6H3,(H,22,23). The number of aliphatic imine (C=N–C) groups is 1. The van der Waals surface area contributed by atoms with Crippen molar-refractivity contribution in [1.29, 1.82) is 0 Å². The van der Waals surface area contributed by atoms with Crippen LogP contribution < -0.4 is 15.1 Å². The highest BCUT2D eigenvalue weighted by molar-refractivity contribution is 5.80. The van der Waals surface area contributed by atoms with Crippen LogP contribution in [0.1, 0.15) is 16.8 Å². The predicted octanol–water partition coefficient (Wildman–Crippen LogP) is 2.00. The van der Waals surface area contributed by atoms with Crippen molar-refractivity contribution < 1.29 is 0 Å². The van der Waals surface area contributed by atoms with Crippen molar-refractivity contribution >= 4 is 17.6 Å². The van der Waals surface area contributed by atoms with Crippen molar-refractivity contribution in [3.63, 3.8) is 0 Å². The molecule has 1 aromatic heterocycles. The minimum Gasteiger partial charge on any atom is -0.368 e. The Morgan fingerprint density at radius 2 is 1.89 bits per heavy atom. The fourth-order valence-electron chi connectivity index (χ4n) is 3.75. The summed E-state index contributed by atoms with van der Waals surface area (Å²) >= 11 is 0. The molecule has 28 heavy (non-hydrogen) atoms. The first kappa shape index (κ1) is 20.0. The Balaban J connectivity index is 1.59. The lowest BCUT2D eigenvalue weighted by molar-refractivity contribution is 0.372. The van der Waals surface area contributed by atoms with Gasteiger partial charge < -0.3 is 24.6 Å². The Kier molecular flexibility index (Phi) is 6.11. The van der Waals surface area contributed by atoms with Gasteiger partial charge in [-0.15, -0.1) is 0 Å². The molecule has 0 spiro atoms. The average Bonchev–Trinajstić information content (AvgIpc) is 3.06. The molecule has 0 amide bonds. The third-order valence-electron chi connectivity index (χ3n) is 5.60. The van der Waals surface area contributed by atoms with Crippen molar-refractivity contribution in [3.8, 4) is 0 Å². The lowest BCUT2D eigenvalue weighted by atomic mass is 10.1. The lowest BCUT2D eigenvalue weighted by Crippen LogP contribution is -2.52. The topological polar surface area (TPSA) is 51.9 Å². The van der Waals surface area contributed by atoms with E-state index < -0.39 is 0 Å². The Hall–Kier alpha value is -2.70. The summed E-state index contributed by atoms with van der Waals surface area (Å²) in [5.41, 5.74) is 5.23. The van der Waals surface area contributed by atoms with Crippen molar-refractivity contribution in [2.45, 2.75) is 20.4 Å². The molecule has 1 aliphatic rings. The van der Waals surface area contributed by atoms with Gasteiger partial charge in [-0.05, 0) is 31.0 Å². The molecule has 0 radical (unpaired) electrons. The van der Waals surface area contributed by atoms with Crippen LogP contribution in [-0.4, -0.2) is 67.7 Å². The number of aromatic nitrogens is 2. The number of benzene rings is 1. The zero-order valence-corrected chi connectivity index (χ0v) is 18.0. The first-order valence-electron chi connectivity index (χ1n) is 9.87. The van der Waals surface area contributed by atoms with E-state index in [0.29, 0.717) is 6.54 Å². The summed E-state index contributed by atoms with van der Waals surface area (Å²) in [5, 5.41) is 3.50. The van der Waals surface area contributed by atoms with Gasteiger partial charge in [0.25, 0.3) is 0 Å². The second-order valence-electron chi connectivity index (χ2n) is 7.60. The largest absolute Gasteiger partial charge is 0.368 e. The van der Waals surface area contributed by atoms with Gasteiger partial charge in [0, 0.05) is 60.1 Å². The molecule has 1 aromatic carbocycles. The highest BCUT2D eigenvalue weighted by Gasteiger charge is 2.21. The maximum absolute atomic E-state index is 4.50. The molecule has 0 bridgehead atoms. The van der Waals surface area contributed by atoms with E-state index in [4.69, 9.17) is 0 Å². The maximum Gasteiger partial charge on any atom is 0.204 e. The van der Waals surface area contributed by atoms with Gasteiger partial charge in [0.2, 0.25) is 5.95 Å². The summed E-state index contributed by atoms with van der Waals surface area (Å²) in [6.45, 7) is 9.03. The van der Waals surface area contributed by atoms with Gasteiger partial charge in [0.15, 0.2) is 5.96 Å². The number of aryl methyl sites for hydroxylation is 1. The molecule has 1 saturated heterocycles. The van der Waals surface area contributed by atoms with Gasteiger partial charge >= 0.3 is 0 Å².